The molecule has 0 aliphatic carbocycles. The molecule has 0 radical (unpaired) electrons. The van der Waals surface area contributed by atoms with Gasteiger partial charge in [0, 0.05) is 12.7 Å². The number of aromatic nitrogens is 2. The van der Waals surface area contributed by atoms with E-state index in [1.165, 1.54) is 29.2 Å². The topological polar surface area (TPSA) is 72.2 Å². The quantitative estimate of drug-likeness (QED) is 0.492. The van der Waals surface area contributed by atoms with Gasteiger partial charge in [-0.25, -0.2) is 9.37 Å². The summed E-state index contributed by atoms with van der Waals surface area (Å²) >= 11 is 5.65. The third kappa shape index (κ3) is 2.76. The highest BCUT2D eigenvalue weighted by molar-refractivity contribution is 6.28. The largest absolute Gasteiger partial charge is 0.330 e. The molecule has 0 saturated carbocycles. The van der Waals surface area contributed by atoms with E-state index >= 15 is 0 Å². The van der Waals surface area contributed by atoms with E-state index in [0.717, 1.165) is 6.20 Å². The van der Waals surface area contributed by atoms with Crippen molar-refractivity contribution in [2.45, 2.75) is 0 Å². The van der Waals surface area contributed by atoms with Crippen molar-refractivity contribution in [3.05, 3.63) is 51.7 Å². The molecule has 0 aliphatic heterocycles. The van der Waals surface area contributed by atoms with Gasteiger partial charge >= 0.3 is 5.69 Å². The molecule has 6 nitrogen and oxygen atoms in total. The zero-order chi connectivity index (χ0) is 14.0. The first kappa shape index (κ1) is 13.2. The maximum absolute atomic E-state index is 12.9. The van der Waals surface area contributed by atoms with Crippen LogP contribution in [0.5, 0.6) is 0 Å². The molecule has 2 aromatic rings. The number of hydrogen-bond donors (Lipinski definition) is 0. The van der Waals surface area contributed by atoms with Crippen LogP contribution in [0.4, 0.5) is 21.6 Å². The molecular formula is C11H8ClFN4O2. The molecule has 1 aromatic carbocycles. The SMILES string of the molecule is CN(c1ccc(F)cc1)c1nc(Cl)ncc1[N+](=O)[O-]. The maximum atomic E-state index is 12.9. The molecule has 1 heterocycles. The number of nitro groups is 1. The Hall–Kier alpha value is -2.28. The molecule has 0 saturated heterocycles. The molecule has 8 heteroatoms. The summed E-state index contributed by atoms with van der Waals surface area (Å²) in [7, 11) is 1.57. The van der Waals surface area contributed by atoms with Gasteiger partial charge in [0.05, 0.1) is 4.92 Å². The summed E-state index contributed by atoms with van der Waals surface area (Å²) in [4.78, 5) is 19.2. The van der Waals surface area contributed by atoms with Gasteiger partial charge in [0.1, 0.15) is 12.0 Å². The summed E-state index contributed by atoms with van der Waals surface area (Å²) in [6.45, 7) is 0. The van der Waals surface area contributed by atoms with Gasteiger partial charge in [-0.2, -0.15) is 4.98 Å². The second-order valence-corrected chi connectivity index (χ2v) is 3.98. The Bertz CT molecular complexity index is 621. The van der Waals surface area contributed by atoms with E-state index in [0.29, 0.717) is 5.69 Å². The number of benzene rings is 1. The van der Waals surface area contributed by atoms with E-state index in [1.54, 1.807) is 7.05 Å². The molecular weight excluding hydrogens is 275 g/mol. The van der Waals surface area contributed by atoms with Gasteiger partial charge in [-0.3, -0.25) is 10.1 Å². The molecule has 0 amide bonds. The molecule has 2 rings (SSSR count). The van der Waals surface area contributed by atoms with Crippen LogP contribution < -0.4 is 4.90 Å². The zero-order valence-corrected chi connectivity index (χ0v) is 10.5. The normalized spacial score (nSPS) is 10.3. The first-order chi connectivity index (χ1) is 8.99. The second-order valence-electron chi connectivity index (χ2n) is 3.64. The molecule has 0 unspecified atom stereocenters. The number of hydrogen-bond acceptors (Lipinski definition) is 5. The Morgan fingerprint density at radius 2 is 2.00 bits per heavy atom. The van der Waals surface area contributed by atoms with E-state index in [9.17, 15) is 14.5 Å². The monoisotopic (exact) mass is 282 g/mol. The fourth-order valence-electron chi connectivity index (χ4n) is 1.51. The minimum Gasteiger partial charge on any atom is -0.324 e. The van der Waals surface area contributed by atoms with Gasteiger partial charge in [-0.1, -0.05) is 0 Å². The number of anilines is 2. The number of rotatable bonds is 3. The van der Waals surface area contributed by atoms with Gasteiger partial charge in [-0.15, -0.1) is 0 Å². The van der Waals surface area contributed by atoms with Crippen LogP contribution in [0.1, 0.15) is 0 Å². The van der Waals surface area contributed by atoms with Crippen LogP contribution in [-0.4, -0.2) is 21.9 Å². The summed E-state index contributed by atoms with van der Waals surface area (Å²) in [6, 6.07) is 5.46. The van der Waals surface area contributed by atoms with Crippen molar-refractivity contribution >= 4 is 28.8 Å². The third-order valence-corrected chi connectivity index (χ3v) is 2.63. The van der Waals surface area contributed by atoms with Crippen molar-refractivity contribution < 1.29 is 9.31 Å². The summed E-state index contributed by atoms with van der Waals surface area (Å²) < 4.78 is 12.9. The van der Waals surface area contributed by atoms with Gasteiger partial charge in [0.15, 0.2) is 0 Å². The molecule has 0 atom stereocenters. The average Bonchev–Trinajstić information content (AvgIpc) is 2.38. The molecule has 0 aliphatic rings. The van der Waals surface area contributed by atoms with Crippen LogP contribution in [0.25, 0.3) is 0 Å². The van der Waals surface area contributed by atoms with Crippen molar-refractivity contribution in [3.8, 4) is 0 Å². The summed E-state index contributed by atoms with van der Waals surface area (Å²) in [5.74, 6) is -0.357. The van der Waals surface area contributed by atoms with E-state index in [4.69, 9.17) is 11.6 Å². The summed E-state index contributed by atoms with van der Waals surface area (Å²) in [5, 5.41) is 10.8. The number of nitrogens with zero attached hydrogens (tertiary/aromatic N) is 4. The summed E-state index contributed by atoms with van der Waals surface area (Å²) in [6.07, 6.45) is 1.03. The lowest BCUT2D eigenvalue weighted by atomic mass is 10.3. The van der Waals surface area contributed by atoms with Gasteiger partial charge < -0.3 is 4.90 Å². The second kappa shape index (κ2) is 5.15. The van der Waals surface area contributed by atoms with E-state index in [2.05, 4.69) is 9.97 Å². The van der Waals surface area contributed by atoms with Crippen molar-refractivity contribution in [2.75, 3.05) is 11.9 Å². The van der Waals surface area contributed by atoms with Crippen molar-refractivity contribution in [1.29, 1.82) is 0 Å². The molecule has 0 fully saturated rings. The predicted molar refractivity (Wildman–Crippen MR) is 68.2 cm³/mol. The highest BCUT2D eigenvalue weighted by Gasteiger charge is 2.21. The molecule has 98 valence electrons. The van der Waals surface area contributed by atoms with Crippen molar-refractivity contribution in [1.82, 2.24) is 9.97 Å². The lowest BCUT2D eigenvalue weighted by molar-refractivity contribution is -0.384. The maximum Gasteiger partial charge on any atom is 0.330 e. The molecule has 0 spiro atoms. The summed E-state index contributed by atoms with van der Waals surface area (Å²) in [5.41, 5.74) is 0.260. The van der Waals surface area contributed by atoms with Crippen LogP contribution in [0.3, 0.4) is 0 Å². The zero-order valence-electron chi connectivity index (χ0n) is 9.75. The van der Waals surface area contributed by atoms with Crippen molar-refractivity contribution in [2.24, 2.45) is 0 Å². The van der Waals surface area contributed by atoms with Crippen LogP contribution in [0, 0.1) is 15.9 Å². The molecule has 1 aromatic heterocycles. The number of halogens is 2. The smallest absolute Gasteiger partial charge is 0.324 e. The first-order valence-electron chi connectivity index (χ1n) is 5.15. The fourth-order valence-corrected chi connectivity index (χ4v) is 1.64. The fraction of sp³-hybridized carbons (Fsp3) is 0.0909. The molecule has 0 bridgehead atoms. The van der Waals surface area contributed by atoms with Crippen LogP contribution in [-0.2, 0) is 0 Å². The predicted octanol–water partition coefficient (Wildman–Crippen LogP) is 2.95. The first-order valence-corrected chi connectivity index (χ1v) is 5.53. The van der Waals surface area contributed by atoms with E-state index < -0.39 is 10.7 Å². The molecule has 19 heavy (non-hydrogen) atoms. The van der Waals surface area contributed by atoms with E-state index in [-0.39, 0.29) is 16.8 Å². The Morgan fingerprint density at radius 1 is 1.37 bits per heavy atom. The minimum absolute atomic E-state index is 0.0385. The van der Waals surface area contributed by atoms with Crippen LogP contribution >= 0.6 is 11.6 Å². The van der Waals surface area contributed by atoms with Gasteiger partial charge in [0.2, 0.25) is 11.1 Å². The Kier molecular flexibility index (Phi) is 3.57. The lowest BCUT2D eigenvalue weighted by Gasteiger charge is -2.17. The van der Waals surface area contributed by atoms with E-state index in [1.807, 2.05) is 0 Å². The molecule has 0 N–H and O–H groups in total. The minimum atomic E-state index is -0.605. The Labute approximate surface area is 112 Å². The Morgan fingerprint density at radius 3 is 2.58 bits per heavy atom. The lowest BCUT2D eigenvalue weighted by Crippen LogP contribution is -2.14. The highest BCUT2D eigenvalue weighted by Crippen LogP contribution is 2.30. The Balaban J connectivity index is 2.48. The van der Waals surface area contributed by atoms with Crippen LogP contribution in [0.2, 0.25) is 5.28 Å². The van der Waals surface area contributed by atoms with Gasteiger partial charge in [-0.05, 0) is 35.9 Å². The standard InChI is InChI=1S/C11H8ClFN4O2/c1-16(8-4-2-7(13)3-5-8)10-9(17(18)19)6-14-11(12)15-10/h2-6H,1H3. The average molecular weight is 283 g/mol. The van der Waals surface area contributed by atoms with Crippen molar-refractivity contribution in [3.63, 3.8) is 0 Å². The van der Waals surface area contributed by atoms with Gasteiger partial charge in [0.25, 0.3) is 0 Å². The highest BCUT2D eigenvalue weighted by atomic mass is 35.5. The third-order valence-electron chi connectivity index (χ3n) is 2.45. The van der Waals surface area contributed by atoms with Crippen LogP contribution in [0.15, 0.2) is 30.5 Å².